The van der Waals surface area contributed by atoms with Crippen molar-refractivity contribution in [2.75, 3.05) is 0 Å². The van der Waals surface area contributed by atoms with Gasteiger partial charge in [0.1, 0.15) is 0 Å². The van der Waals surface area contributed by atoms with Gasteiger partial charge in [-0.25, -0.2) is 0 Å². The van der Waals surface area contributed by atoms with Crippen LogP contribution in [0.15, 0.2) is 0 Å². The highest BCUT2D eigenvalue weighted by molar-refractivity contribution is 4.94. The number of hydrogen-bond donors (Lipinski definition) is 0. The molecule has 1 heterocycles. The summed E-state index contributed by atoms with van der Waals surface area (Å²) in [6, 6.07) is 0. The van der Waals surface area contributed by atoms with Gasteiger partial charge in [0.05, 0.1) is 12.2 Å². The molecule has 1 aliphatic heterocycles. The summed E-state index contributed by atoms with van der Waals surface area (Å²) in [6.07, 6.45) is 8.41. The third-order valence-corrected chi connectivity index (χ3v) is 1.98. The minimum absolute atomic E-state index is 0.511. The Morgan fingerprint density at radius 3 is 2.70 bits per heavy atom. The van der Waals surface area contributed by atoms with Crippen LogP contribution in [0.4, 0.5) is 0 Å². The zero-order valence-corrected chi connectivity index (χ0v) is 6.97. The normalized spacial score (nSPS) is 30.6. The van der Waals surface area contributed by atoms with Gasteiger partial charge in [-0.1, -0.05) is 26.7 Å². The number of hydrogen-bond acceptors (Lipinski definition) is 1. The first kappa shape index (κ1) is 8.06. The van der Waals surface area contributed by atoms with Gasteiger partial charge in [0.25, 0.3) is 0 Å². The molecule has 1 aliphatic rings. The highest BCUT2D eigenvalue weighted by Gasteiger charge is 2.35. The summed E-state index contributed by atoms with van der Waals surface area (Å²) in [5, 5.41) is 0. The van der Waals surface area contributed by atoms with E-state index in [1.165, 1.54) is 25.7 Å². The summed E-state index contributed by atoms with van der Waals surface area (Å²) < 4.78 is 5.36. The molecule has 59 valence electrons. The first-order valence-corrected chi connectivity index (χ1v) is 4.37. The van der Waals surface area contributed by atoms with Crippen molar-refractivity contribution in [3.05, 3.63) is 6.42 Å². The molecule has 10 heavy (non-hydrogen) atoms. The third-order valence-electron chi connectivity index (χ3n) is 1.98. The number of ether oxygens (including phenoxy) is 1. The fourth-order valence-electron chi connectivity index (χ4n) is 1.18. The Kier molecular flexibility index (Phi) is 3.20. The third kappa shape index (κ3) is 2.30. The molecule has 1 radical (unpaired) electrons. The molecule has 0 spiro atoms. The van der Waals surface area contributed by atoms with Crippen LogP contribution < -0.4 is 0 Å². The van der Waals surface area contributed by atoms with E-state index in [1.54, 1.807) is 0 Å². The Morgan fingerprint density at radius 1 is 1.40 bits per heavy atom. The van der Waals surface area contributed by atoms with Crippen molar-refractivity contribution < 1.29 is 4.74 Å². The van der Waals surface area contributed by atoms with E-state index >= 15 is 0 Å². The molecule has 1 fully saturated rings. The Morgan fingerprint density at radius 2 is 2.20 bits per heavy atom. The predicted octanol–water partition coefficient (Wildman–Crippen LogP) is 2.56. The van der Waals surface area contributed by atoms with Gasteiger partial charge >= 0.3 is 0 Å². The topological polar surface area (TPSA) is 12.5 Å². The molecule has 2 atom stereocenters. The smallest absolute Gasteiger partial charge is 0.0873 e. The molecule has 1 rings (SSSR count). The van der Waals surface area contributed by atoms with Crippen LogP contribution in [0, 0.1) is 6.42 Å². The zero-order chi connectivity index (χ0) is 7.40. The van der Waals surface area contributed by atoms with Crippen molar-refractivity contribution in [1.29, 1.82) is 0 Å². The molecule has 0 N–H and O–H groups in total. The van der Waals surface area contributed by atoms with E-state index in [4.69, 9.17) is 4.74 Å². The average molecular weight is 141 g/mol. The average Bonchev–Trinajstić information content (AvgIpc) is 2.68. The second-order valence-electron chi connectivity index (χ2n) is 2.93. The van der Waals surface area contributed by atoms with Gasteiger partial charge in [-0.3, -0.25) is 0 Å². The van der Waals surface area contributed by atoms with Gasteiger partial charge in [0.2, 0.25) is 0 Å². The van der Waals surface area contributed by atoms with Crippen LogP contribution in [0.3, 0.4) is 0 Å². The number of unbranched alkanes of at least 4 members (excludes halogenated alkanes) is 2. The lowest BCUT2D eigenvalue weighted by atomic mass is 10.1. The summed E-state index contributed by atoms with van der Waals surface area (Å²) >= 11 is 0. The molecule has 0 amide bonds. The molecule has 0 saturated carbocycles. The highest BCUT2D eigenvalue weighted by atomic mass is 16.6. The van der Waals surface area contributed by atoms with Crippen molar-refractivity contribution in [2.45, 2.75) is 51.7 Å². The van der Waals surface area contributed by atoms with E-state index in [-0.39, 0.29) is 0 Å². The van der Waals surface area contributed by atoms with Gasteiger partial charge in [-0.05, 0) is 19.3 Å². The molecule has 0 aromatic heterocycles. The quantitative estimate of drug-likeness (QED) is 0.423. The molecular formula is C9H17O. The maximum Gasteiger partial charge on any atom is 0.0873 e. The van der Waals surface area contributed by atoms with E-state index < -0.39 is 0 Å². The minimum Gasteiger partial charge on any atom is -0.369 e. The fraction of sp³-hybridized carbons (Fsp3) is 0.889. The lowest BCUT2D eigenvalue weighted by Gasteiger charge is -1.91. The van der Waals surface area contributed by atoms with Gasteiger partial charge in [-0.2, -0.15) is 0 Å². The molecule has 2 unspecified atom stereocenters. The fourth-order valence-corrected chi connectivity index (χ4v) is 1.18. The largest absolute Gasteiger partial charge is 0.369 e. The maximum atomic E-state index is 5.36. The van der Waals surface area contributed by atoms with E-state index in [1.807, 2.05) is 0 Å². The molecule has 0 aliphatic carbocycles. The Hall–Kier alpha value is -0.0400. The van der Waals surface area contributed by atoms with Crippen LogP contribution in [0.1, 0.15) is 39.5 Å². The summed E-state index contributed by atoms with van der Waals surface area (Å²) in [5.41, 5.74) is 0. The zero-order valence-electron chi connectivity index (χ0n) is 6.97. The molecule has 1 saturated heterocycles. The van der Waals surface area contributed by atoms with E-state index in [0.717, 1.165) is 0 Å². The van der Waals surface area contributed by atoms with E-state index in [2.05, 4.69) is 20.3 Å². The van der Waals surface area contributed by atoms with E-state index in [9.17, 15) is 0 Å². The van der Waals surface area contributed by atoms with Crippen LogP contribution in [-0.2, 0) is 4.74 Å². The van der Waals surface area contributed by atoms with Gasteiger partial charge < -0.3 is 4.74 Å². The second-order valence-corrected chi connectivity index (χ2v) is 2.93. The number of epoxide rings is 1. The lowest BCUT2D eigenvalue weighted by molar-refractivity contribution is 0.376. The van der Waals surface area contributed by atoms with Crippen molar-refractivity contribution in [2.24, 2.45) is 0 Å². The minimum atomic E-state index is 0.511. The molecule has 0 aromatic carbocycles. The SMILES string of the molecule is CCCC[CH]C1OC1CC. The highest BCUT2D eigenvalue weighted by Crippen LogP contribution is 2.28. The summed E-state index contributed by atoms with van der Waals surface area (Å²) in [4.78, 5) is 0. The van der Waals surface area contributed by atoms with E-state index in [0.29, 0.717) is 12.2 Å². The molecule has 1 heteroatoms. The van der Waals surface area contributed by atoms with Crippen molar-refractivity contribution >= 4 is 0 Å². The summed E-state index contributed by atoms with van der Waals surface area (Å²) in [6.45, 7) is 4.40. The van der Waals surface area contributed by atoms with Crippen LogP contribution in [0.25, 0.3) is 0 Å². The van der Waals surface area contributed by atoms with Gasteiger partial charge in [0.15, 0.2) is 0 Å². The predicted molar refractivity (Wildman–Crippen MR) is 42.8 cm³/mol. The van der Waals surface area contributed by atoms with Gasteiger partial charge in [0, 0.05) is 0 Å². The van der Waals surface area contributed by atoms with Gasteiger partial charge in [-0.15, -0.1) is 0 Å². The van der Waals surface area contributed by atoms with Crippen molar-refractivity contribution in [3.8, 4) is 0 Å². The summed E-state index contributed by atoms with van der Waals surface area (Å²) in [7, 11) is 0. The van der Waals surface area contributed by atoms with Crippen LogP contribution >= 0.6 is 0 Å². The number of rotatable bonds is 5. The molecule has 0 aromatic rings. The molecular weight excluding hydrogens is 124 g/mol. The second kappa shape index (κ2) is 3.97. The first-order chi connectivity index (χ1) is 4.88. The Bertz CT molecular complexity index is 90.7. The Balaban J connectivity index is 1.87. The monoisotopic (exact) mass is 141 g/mol. The van der Waals surface area contributed by atoms with Crippen molar-refractivity contribution in [1.82, 2.24) is 0 Å². The first-order valence-electron chi connectivity index (χ1n) is 4.37. The lowest BCUT2D eigenvalue weighted by Crippen LogP contribution is -1.92. The standard InChI is InChI=1S/C9H17O/c1-3-5-6-7-9-8(4-2)10-9/h7-9H,3-6H2,1-2H3. The van der Waals surface area contributed by atoms with Crippen LogP contribution in [-0.4, -0.2) is 12.2 Å². The molecule has 0 bridgehead atoms. The van der Waals surface area contributed by atoms with Crippen LogP contribution in [0.5, 0.6) is 0 Å². The maximum absolute atomic E-state index is 5.36. The van der Waals surface area contributed by atoms with Crippen molar-refractivity contribution in [3.63, 3.8) is 0 Å². The van der Waals surface area contributed by atoms with Crippen LogP contribution in [0.2, 0.25) is 0 Å². The Labute approximate surface area is 63.8 Å². The summed E-state index contributed by atoms with van der Waals surface area (Å²) in [5.74, 6) is 0. The molecule has 1 nitrogen and oxygen atoms in total.